The standard InChI is InChI=1S/C25H29N3O6S2/c1-16(2)24-27-22(15-35-24)21(14-18-9-11-19(12-10-18)28-36(31,32)33)26-23(29)20(25(30)34-3)13-17-7-5-4-6-8-17/h4-12,15-16,20-21,28H,13-14H2,1-3H3,(H,26,29)(H,31,32,33). The molecule has 2 atom stereocenters. The van der Waals surface area contributed by atoms with Gasteiger partial charge in [0, 0.05) is 11.3 Å². The molecule has 0 radical (unpaired) electrons. The van der Waals surface area contributed by atoms with Gasteiger partial charge in [-0.2, -0.15) is 8.42 Å². The molecule has 9 nitrogen and oxygen atoms in total. The Balaban J connectivity index is 1.85. The lowest BCUT2D eigenvalue weighted by Gasteiger charge is -2.21. The Morgan fingerprint density at radius 1 is 1.03 bits per heavy atom. The number of hydrogen-bond donors (Lipinski definition) is 3. The van der Waals surface area contributed by atoms with Gasteiger partial charge < -0.3 is 10.1 Å². The van der Waals surface area contributed by atoms with Crippen molar-refractivity contribution in [3.05, 3.63) is 81.8 Å². The number of nitrogens with zero attached hydrogens (tertiary/aromatic N) is 1. The van der Waals surface area contributed by atoms with Crippen molar-refractivity contribution in [2.24, 2.45) is 5.92 Å². The zero-order chi connectivity index (χ0) is 26.3. The van der Waals surface area contributed by atoms with Gasteiger partial charge in [-0.1, -0.05) is 56.3 Å². The highest BCUT2D eigenvalue weighted by molar-refractivity contribution is 7.87. The number of esters is 1. The van der Waals surface area contributed by atoms with Crippen LogP contribution in [0.1, 0.15) is 47.6 Å². The Bertz CT molecular complexity index is 1270. The maximum atomic E-state index is 13.3. The maximum absolute atomic E-state index is 13.3. The monoisotopic (exact) mass is 531 g/mol. The first-order valence-electron chi connectivity index (χ1n) is 11.3. The molecular formula is C25H29N3O6S2. The minimum absolute atomic E-state index is 0.191. The lowest BCUT2D eigenvalue weighted by atomic mass is 9.97. The third-order valence-electron chi connectivity index (χ3n) is 5.43. The lowest BCUT2D eigenvalue weighted by Crippen LogP contribution is -2.40. The van der Waals surface area contributed by atoms with Crippen molar-refractivity contribution in [2.45, 2.75) is 38.6 Å². The summed E-state index contributed by atoms with van der Waals surface area (Å²) in [5.74, 6) is -1.92. The molecule has 1 aromatic heterocycles. The van der Waals surface area contributed by atoms with Crippen LogP contribution in [0.5, 0.6) is 0 Å². The molecule has 2 unspecified atom stereocenters. The Hall–Kier alpha value is -3.28. The zero-order valence-corrected chi connectivity index (χ0v) is 21.8. The molecule has 1 amide bonds. The van der Waals surface area contributed by atoms with E-state index in [2.05, 4.69) is 5.32 Å². The van der Waals surface area contributed by atoms with Gasteiger partial charge >= 0.3 is 16.3 Å². The van der Waals surface area contributed by atoms with Crippen LogP contribution in [0.25, 0.3) is 0 Å². The summed E-state index contributed by atoms with van der Waals surface area (Å²) in [7, 11) is -3.13. The number of benzene rings is 2. The summed E-state index contributed by atoms with van der Waals surface area (Å²) < 4.78 is 38.0. The number of carbonyl (C=O) groups excluding carboxylic acids is 2. The molecule has 192 valence electrons. The SMILES string of the molecule is COC(=O)C(Cc1ccccc1)C(=O)NC(Cc1ccc(NS(=O)(=O)O)cc1)c1csc(C(C)C)n1. The first-order valence-corrected chi connectivity index (χ1v) is 13.6. The molecule has 0 spiro atoms. The van der Waals surface area contributed by atoms with Crippen LogP contribution in [-0.2, 0) is 37.5 Å². The maximum Gasteiger partial charge on any atom is 0.357 e. The summed E-state index contributed by atoms with van der Waals surface area (Å²) in [6.07, 6.45) is 0.536. The average Bonchev–Trinajstić information content (AvgIpc) is 3.33. The fourth-order valence-electron chi connectivity index (χ4n) is 3.60. The number of rotatable bonds is 11. The van der Waals surface area contributed by atoms with Crippen molar-refractivity contribution < 1.29 is 27.3 Å². The van der Waals surface area contributed by atoms with Crippen LogP contribution >= 0.6 is 11.3 Å². The Morgan fingerprint density at radius 3 is 2.22 bits per heavy atom. The van der Waals surface area contributed by atoms with Crippen molar-refractivity contribution in [3.8, 4) is 0 Å². The van der Waals surface area contributed by atoms with Crippen molar-refractivity contribution in [1.29, 1.82) is 0 Å². The number of thiazole rings is 1. The highest BCUT2D eigenvalue weighted by atomic mass is 32.2. The van der Waals surface area contributed by atoms with Crippen LogP contribution in [0.15, 0.2) is 60.0 Å². The van der Waals surface area contributed by atoms with Crippen molar-refractivity contribution in [2.75, 3.05) is 11.8 Å². The van der Waals surface area contributed by atoms with Gasteiger partial charge in [-0.15, -0.1) is 11.3 Å². The minimum Gasteiger partial charge on any atom is -0.468 e. The van der Waals surface area contributed by atoms with Gasteiger partial charge in [0.25, 0.3) is 0 Å². The van der Waals surface area contributed by atoms with Crippen LogP contribution in [-0.4, -0.2) is 36.9 Å². The molecule has 11 heteroatoms. The van der Waals surface area contributed by atoms with Gasteiger partial charge in [0.15, 0.2) is 0 Å². The first kappa shape index (κ1) is 27.3. The van der Waals surface area contributed by atoms with E-state index >= 15 is 0 Å². The molecule has 2 aromatic carbocycles. The van der Waals surface area contributed by atoms with Crippen LogP contribution in [0.3, 0.4) is 0 Å². The summed E-state index contributed by atoms with van der Waals surface area (Å²) in [5, 5.41) is 5.79. The van der Waals surface area contributed by atoms with E-state index < -0.39 is 34.1 Å². The number of ether oxygens (including phenoxy) is 1. The third kappa shape index (κ3) is 7.87. The molecule has 0 saturated carbocycles. The van der Waals surface area contributed by atoms with Gasteiger partial charge in [-0.25, -0.2) is 4.98 Å². The van der Waals surface area contributed by atoms with E-state index in [1.54, 1.807) is 12.1 Å². The van der Waals surface area contributed by atoms with E-state index in [0.29, 0.717) is 12.1 Å². The summed E-state index contributed by atoms with van der Waals surface area (Å²) >= 11 is 1.50. The fraction of sp³-hybridized carbons (Fsp3) is 0.320. The van der Waals surface area contributed by atoms with E-state index in [4.69, 9.17) is 14.3 Å². The van der Waals surface area contributed by atoms with Crippen molar-refractivity contribution >= 4 is 39.2 Å². The van der Waals surface area contributed by atoms with Gasteiger partial charge in [0.05, 0.1) is 29.5 Å². The molecule has 0 aliphatic rings. The molecule has 0 saturated heterocycles. The van der Waals surface area contributed by atoms with E-state index in [9.17, 15) is 18.0 Å². The summed E-state index contributed by atoms with van der Waals surface area (Å²) in [5.41, 5.74) is 2.49. The second-order valence-corrected chi connectivity index (χ2v) is 10.6. The number of amides is 1. The smallest absolute Gasteiger partial charge is 0.357 e. The van der Waals surface area contributed by atoms with Crippen LogP contribution in [0.2, 0.25) is 0 Å². The molecule has 0 aliphatic heterocycles. The predicted octanol–water partition coefficient (Wildman–Crippen LogP) is 3.91. The first-order chi connectivity index (χ1) is 17.1. The second kappa shape index (κ2) is 12.1. The number of anilines is 1. The van der Waals surface area contributed by atoms with Crippen molar-refractivity contribution in [1.82, 2.24) is 10.3 Å². The highest BCUT2D eigenvalue weighted by Gasteiger charge is 2.30. The molecule has 0 bridgehead atoms. The normalized spacial score (nSPS) is 13.1. The summed E-state index contributed by atoms with van der Waals surface area (Å²) in [6.45, 7) is 4.06. The van der Waals surface area contributed by atoms with Gasteiger partial charge in [0.2, 0.25) is 5.91 Å². The topological polar surface area (TPSA) is 135 Å². The molecular weight excluding hydrogens is 502 g/mol. The van der Waals surface area contributed by atoms with E-state index in [1.165, 1.54) is 30.6 Å². The molecule has 0 aliphatic carbocycles. The van der Waals surface area contributed by atoms with Crippen LogP contribution < -0.4 is 10.0 Å². The number of carbonyl (C=O) groups is 2. The quantitative estimate of drug-likeness (QED) is 0.194. The Morgan fingerprint density at radius 2 is 1.67 bits per heavy atom. The molecule has 3 rings (SSSR count). The second-order valence-electron chi connectivity index (χ2n) is 8.57. The Labute approximate surface area is 214 Å². The highest BCUT2D eigenvalue weighted by Crippen LogP contribution is 2.26. The van der Waals surface area contributed by atoms with E-state index in [-0.39, 0.29) is 18.0 Å². The number of hydrogen-bond acceptors (Lipinski definition) is 7. The Kier molecular flexibility index (Phi) is 9.19. The summed E-state index contributed by atoms with van der Waals surface area (Å²) in [6, 6.07) is 15.1. The fourth-order valence-corrected chi connectivity index (χ4v) is 4.92. The van der Waals surface area contributed by atoms with Crippen LogP contribution in [0.4, 0.5) is 5.69 Å². The third-order valence-corrected chi connectivity index (χ3v) is 7.09. The number of methoxy groups -OCH3 is 1. The molecule has 1 heterocycles. The number of nitrogens with one attached hydrogen (secondary N) is 2. The van der Waals surface area contributed by atoms with E-state index in [0.717, 1.165) is 16.1 Å². The average molecular weight is 532 g/mol. The van der Waals surface area contributed by atoms with E-state index in [1.807, 2.05) is 54.3 Å². The largest absolute Gasteiger partial charge is 0.468 e. The van der Waals surface area contributed by atoms with Gasteiger partial charge in [-0.05, 0) is 36.1 Å². The molecule has 3 aromatic rings. The molecule has 36 heavy (non-hydrogen) atoms. The van der Waals surface area contributed by atoms with Gasteiger partial charge in [0.1, 0.15) is 5.92 Å². The lowest BCUT2D eigenvalue weighted by molar-refractivity contribution is -0.150. The minimum atomic E-state index is -4.38. The van der Waals surface area contributed by atoms with Crippen molar-refractivity contribution in [3.63, 3.8) is 0 Å². The zero-order valence-electron chi connectivity index (χ0n) is 20.2. The van der Waals surface area contributed by atoms with Crippen LogP contribution in [0, 0.1) is 5.92 Å². The summed E-state index contributed by atoms with van der Waals surface area (Å²) in [4.78, 5) is 30.5. The molecule has 3 N–H and O–H groups in total. The number of aromatic nitrogens is 1. The molecule has 0 fully saturated rings. The van der Waals surface area contributed by atoms with Gasteiger partial charge in [-0.3, -0.25) is 18.9 Å². The predicted molar refractivity (Wildman–Crippen MR) is 138 cm³/mol.